The summed E-state index contributed by atoms with van der Waals surface area (Å²) in [5.74, 6) is 0. The van der Waals surface area contributed by atoms with Gasteiger partial charge in [-0.05, 0) is 43.4 Å². The lowest BCUT2D eigenvalue weighted by Crippen LogP contribution is -2.44. The molecule has 0 aromatic heterocycles. The monoisotopic (exact) mass is 245 g/mol. The van der Waals surface area contributed by atoms with E-state index in [1.165, 1.54) is 0 Å². The summed E-state index contributed by atoms with van der Waals surface area (Å²) in [6.07, 6.45) is 4.24. The van der Waals surface area contributed by atoms with Gasteiger partial charge in [0.1, 0.15) is 0 Å². The highest BCUT2D eigenvalue weighted by Gasteiger charge is 2.28. The molecule has 0 unspecified atom stereocenters. The third kappa shape index (κ3) is 1.82. The maximum Gasteiger partial charge on any atom is 0.324 e. The summed E-state index contributed by atoms with van der Waals surface area (Å²) in [6, 6.07) is 6.02. The molecule has 3 rings (SSSR count). The quantitative estimate of drug-likeness (QED) is 0.713. The van der Waals surface area contributed by atoms with Gasteiger partial charge in [0.25, 0.3) is 0 Å². The second-order valence-corrected chi connectivity index (χ2v) is 5.08. The van der Waals surface area contributed by atoms with Gasteiger partial charge in [-0.3, -0.25) is 4.90 Å². The van der Waals surface area contributed by atoms with E-state index in [2.05, 4.69) is 0 Å². The van der Waals surface area contributed by atoms with Crippen molar-refractivity contribution < 1.29 is 4.79 Å². The fourth-order valence-electron chi connectivity index (χ4n) is 2.93. The zero-order valence-corrected chi connectivity index (χ0v) is 10.6. The Labute approximate surface area is 107 Å². The summed E-state index contributed by atoms with van der Waals surface area (Å²) in [6.45, 7) is 2.60. The first kappa shape index (κ1) is 11.4. The number of rotatable bonds is 0. The lowest BCUT2D eigenvalue weighted by atomic mass is 10.0. The SMILES string of the molecule is Nc1cccc2c1CCCN2C(=O)N1CCCC1. The van der Waals surface area contributed by atoms with E-state index in [1.807, 2.05) is 28.0 Å². The normalized spacial score (nSPS) is 18.9. The van der Waals surface area contributed by atoms with Gasteiger partial charge in [0.05, 0.1) is 5.69 Å². The summed E-state index contributed by atoms with van der Waals surface area (Å²) in [5.41, 5.74) is 8.96. The highest BCUT2D eigenvalue weighted by atomic mass is 16.2. The third-order valence-corrected chi connectivity index (χ3v) is 3.89. The van der Waals surface area contributed by atoms with Crippen LogP contribution >= 0.6 is 0 Å². The van der Waals surface area contributed by atoms with Crippen LogP contribution in [0.1, 0.15) is 24.8 Å². The molecule has 96 valence electrons. The molecule has 2 amide bonds. The van der Waals surface area contributed by atoms with Crippen LogP contribution in [-0.2, 0) is 6.42 Å². The number of benzene rings is 1. The summed E-state index contributed by atoms with van der Waals surface area (Å²) < 4.78 is 0. The number of hydrogen-bond acceptors (Lipinski definition) is 2. The largest absolute Gasteiger partial charge is 0.398 e. The fraction of sp³-hybridized carbons (Fsp3) is 0.500. The minimum absolute atomic E-state index is 0.152. The number of nitrogen functional groups attached to an aromatic ring is 1. The molecule has 0 spiro atoms. The Bertz CT molecular complexity index is 466. The number of likely N-dealkylation sites (tertiary alicyclic amines) is 1. The molecule has 0 aliphatic carbocycles. The number of carbonyl (C=O) groups excluding carboxylic acids is 1. The second-order valence-electron chi connectivity index (χ2n) is 5.08. The zero-order chi connectivity index (χ0) is 12.5. The first-order valence-electron chi connectivity index (χ1n) is 6.71. The van der Waals surface area contributed by atoms with Crippen LogP contribution in [0, 0.1) is 0 Å². The highest BCUT2D eigenvalue weighted by molar-refractivity contribution is 5.94. The van der Waals surface area contributed by atoms with E-state index < -0.39 is 0 Å². The Hall–Kier alpha value is -1.71. The topological polar surface area (TPSA) is 49.6 Å². The van der Waals surface area contributed by atoms with Crippen LogP contribution in [0.2, 0.25) is 0 Å². The van der Waals surface area contributed by atoms with E-state index in [0.717, 1.165) is 62.3 Å². The van der Waals surface area contributed by atoms with Gasteiger partial charge in [0.15, 0.2) is 0 Å². The average molecular weight is 245 g/mol. The third-order valence-electron chi connectivity index (χ3n) is 3.89. The van der Waals surface area contributed by atoms with E-state index in [9.17, 15) is 4.79 Å². The van der Waals surface area contributed by atoms with Gasteiger partial charge in [0, 0.05) is 25.3 Å². The van der Waals surface area contributed by atoms with Gasteiger partial charge in [-0.15, -0.1) is 0 Å². The molecule has 0 saturated carbocycles. The molecular weight excluding hydrogens is 226 g/mol. The Morgan fingerprint density at radius 3 is 2.67 bits per heavy atom. The van der Waals surface area contributed by atoms with Crippen LogP contribution in [-0.4, -0.2) is 30.6 Å². The minimum Gasteiger partial charge on any atom is -0.398 e. The van der Waals surface area contributed by atoms with Gasteiger partial charge >= 0.3 is 6.03 Å². The molecule has 0 radical (unpaired) electrons. The number of amides is 2. The molecule has 2 N–H and O–H groups in total. The maximum atomic E-state index is 12.5. The Balaban J connectivity index is 1.91. The number of urea groups is 1. The molecule has 4 heteroatoms. The molecule has 1 fully saturated rings. The Kier molecular flexibility index (Phi) is 2.86. The lowest BCUT2D eigenvalue weighted by molar-refractivity contribution is 0.215. The maximum absolute atomic E-state index is 12.5. The minimum atomic E-state index is 0.152. The van der Waals surface area contributed by atoms with Crippen molar-refractivity contribution in [1.82, 2.24) is 4.90 Å². The first-order chi connectivity index (χ1) is 8.77. The van der Waals surface area contributed by atoms with Gasteiger partial charge in [-0.2, -0.15) is 0 Å². The molecular formula is C14H19N3O. The standard InChI is InChI=1S/C14H19N3O/c15-12-6-3-7-13-11(12)5-4-10-17(13)14(18)16-8-1-2-9-16/h3,6-7H,1-2,4-5,8-10,15H2. The second kappa shape index (κ2) is 4.52. The first-order valence-corrected chi connectivity index (χ1v) is 6.71. The van der Waals surface area contributed by atoms with Crippen molar-refractivity contribution >= 4 is 17.4 Å². The fourth-order valence-corrected chi connectivity index (χ4v) is 2.93. The molecule has 1 aromatic carbocycles. The average Bonchev–Trinajstić information content (AvgIpc) is 2.92. The van der Waals surface area contributed by atoms with Crippen molar-refractivity contribution in [1.29, 1.82) is 0 Å². The van der Waals surface area contributed by atoms with E-state index in [0.29, 0.717) is 0 Å². The zero-order valence-electron chi connectivity index (χ0n) is 10.6. The van der Waals surface area contributed by atoms with Gasteiger partial charge in [0.2, 0.25) is 0 Å². The van der Waals surface area contributed by atoms with E-state index in [-0.39, 0.29) is 6.03 Å². The van der Waals surface area contributed by atoms with Gasteiger partial charge in [-0.25, -0.2) is 4.79 Å². The molecule has 2 aliphatic heterocycles. The predicted molar refractivity (Wildman–Crippen MR) is 72.7 cm³/mol. The van der Waals surface area contributed by atoms with Crippen molar-refractivity contribution in [3.8, 4) is 0 Å². The number of nitrogens with zero attached hydrogens (tertiary/aromatic N) is 2. The predicted octanol–water partition coefficient (Wildman–Crippen LogP) is 2.24. The van der Waals surface area contributed by atoms with Crippen LogP contribution in [0.4, 0.5) is 16.2 Å². The summed E-state index contributed by atoms with van der Waals surface area (Å²) >= 11 is 0. The molecule has 4 nitrogen and oxygen atoms in total. The Morgan fingerprint density at radius 2 is 1.89 bits per heavy atom. The highest BCUT2D eigenvalue weighted by Crippen LogP contribution is 2.32. The molecule has 1 saturated heterocycles. The molecule has 0 bridgehead atoms. The van der Waals surface area contributed by atoms with Crippen molar-refractivity contribution in [2.24, 2.45) is 0 Å². The van der Waals surface area contributed by atoms with Crippen molar-refractivity contribution in [3.05, 3.63) is 23.8 Å². The molecule has 2 aliphatic rings. The summed E-state index contributed by atoms with van der Waals surface area (Å²) in [4.78, 5) is 16.3. The smallest absolute Gasteiger partial charge is 0.324 e. The number of carbonyl (C=O) groups is 1. The summed E-state index contributed by atoms with van der Waals surface area (Å²) in [7, 11) is 0. The Morgan fingerprint density at radius 1 is 1.11 bits per heavy atom. The van der Waals surface area contributed by atoms with Crippen LogP contribution in [0.25, 0.3) is 0 Å². The van der Waals surface area contributed by atoms with Crippen LogP contribution in [0.15, 0.2) is 18.2 Å². The number of nitrogens with two attached hydrogens (primary N) is 1. The van der Waals surface area contributed by atoms with Crippen LogP contribution in [0.3, 0.4) is 0 Å². The van der Waals surface area contributed by atoms with Crippen LogP contribution in [0.5, 0.6) is 0 Å². The number of hydrogen-bond donors (Lipinski definition) is 1. The van der Waals surface area contributed by atoms with E-state index in [4.69, 9.17) is 5.73 Å². The van der Waals surface area contributed by atoms with E-state index in [1.54, 1.807) is 0 Å². The summed E-state index contributed by atoms with van der Waals surface area (Å²) in [5, 5.41) is 0. The molecule has 2 heterocycles. The van der Waals surface area contributed by atoms with Gasteiger partial charge in [-0.1, -0.05) is 6.07 Å². The molecule has 0 atom stereocenters. The van der Waals surface area contributed by atoms with Gasteiger partial charge < -0.3 is 10.6 Å². The van der Waals surface area contributed by atoms with Crippen LogP contribution < -0.4 is 10.6 Å². The lowest BCUT2D eigenvalue weighted by Gasteiger charge is -2.33. The van der Waals surface area contributed by atoms with Crippen molar-refractivity contribution in [2.75, 3.05) is 30.3 Å². The molecule has 18 heavy (non-hydrogen) atoms. The number of fused-ring (bicyclic) bond motifs is 1. The van der Waals surface area contributed by atoms with Crippen molar-refractivity contribution in [2.45, 2.75) is 25.7 Å². The number of anilines is 2. The molecule has 1 aromatic rings. The van der Waals surface area contributed by atoms with E-state index >= 15 is 0 Å². The van der Waals surface area contributed by atoms with Crippen molar-refractivity contribution in [3.63, 3.8) is 0 Å².